The third-order valence-electron chi connectivity index (χ3n) is 5.53. The normalized spacial score (nSPS) is 12.3. The number of imidazole rings is 1. The van der Waals surface area contributed by atoms with Gasteiger partial charge in [0.2, 0.25) is 0 Å². The molecule has 0 aliphatic rings. The number of benzene rings is 2. The van der Waals surface area contributed by atoms with E-state index in [-0.39, 0.29) is 23.8 Å². The van der Waals surface area contributed by atoms with Crippen molar-refractivity contribution in [2.45, 2.75) is 19.5 Å². The molecule has 0 aliphatic heterocycles. The summed E-state index contributed by atoms with van der Waals surface area (Å²) in [5, 5.41) is 0. The zero-order chi connectivity index (χ0) is 22.2. The second-order valence-electron chi connectivity index (χ2n) is 7.48. The molecule has 160 valence electrons. The second kappa shape index (κ2) is 7.81. The number of nitrogens with zero attached hydrogens (tertiary/aromatic N) is 4. The summed E-state index contributed by atoms with van der Waals surface area (Å²) in [4.78, 5) is 31.3. The van der Waals surface area contributed by atoms with Crippen LogP contribution in [0, 0.1) is 5.82 Å². The average molecular weight is 430 g/mol. The molecule has 0 bridgehead atoms. The summed E-state index contributed by atoms with van der Waals surface area (Å²) in [6.07, 6.45) is 3.04. The van der Waals surface area contributed by atoms with Crippen LogP contribution in [0.1, 0.15) is 24.3 Å². The number of fused-ring (bicyclic) bond motifs is 1. The van der Waals surface area contributed by atoms with Gasteiger partial charge >= 0.3 is 5.69 Å². The lowest BCUT2D eigenvalue weighted by atomic mass is 10.1. The van der Waals surface area contributed by atoms with E-state index in [9.17, 15) is 14.0 Å². The summed E-state index contributed by atoms with van der Waals surface area (Å²) < 4.78 is 23.1. The molecule has 0 fully saturated rings. The molecule has 5 rings (SSSR count). The van der Waals surface area contributed by atoms with Gasteiger partial charge in [-0.05, 0) is 48.9 Å². The van der Waals surface area contributed by atoms with E-state index in [1.807, 2.05) is 37.3 Å². The van der Waals surface area contributed by atoms with Crippen LogP contribution in [0.15, 0.2) is 93.3 Å². The molecule has 3 aromatic heterocycles. The van der Waals surface area contributed by atoms with E-state index in [0.29, 0.717) is 11.4 Å². The minimum absolute atomic E-state index is 0.0350. The van der Waals surface area contributed by atoms with E-state index in [1.54, 1.807) is 23.0 Å². The minimum atomic E-state index is -0.580. The third kappa shape index (κ3) is 3.26. The predicted molar refractivity (Wildman–Crippen MR) is 118 cm³/mol. The van der Waals surface area contributed by atoms with Crippen molar-refractivity contribution < 1.29 is 8.81 Å². The summed E-state index contributed by atoms with van der Waals surface area (Å²) in [7, 11) is 0. The van der Waals surface area contributed by atoms with Crippen molar-refractivity contribution >= 4 is 11.2 Å². The number of rotatable bonds is 5. The first-order valence-electron chi connectivity index (χ1n) is 10.1. The molecule has 2 aromatic carbocycles. The van der Waals surface area contributed by atoms with Crippen LogP contribution in [0.4, 0.5) is 4.39 Å². The van der Waals surface area contributed by atoms with Gasteiger partial charge in [0.25, 0.3) is 5.56 Å². The molecule has 1 unspecified atom stereocenters. The molecule has 0 amide bonds. The van der Waals surface area contributed by atoms with Gasteiger partial charge in [-0.1, -0.05) is 30.3 Å². The Hall–Kier alpha value is -4.20. The zero-order valence-corrected chi connectivity index (χ0v) is 17.2. The first-order valence-corrected chi connectivity index (χ1v) is 10.1. The Morgan fingerprint density at radius 1 is 1.00 bits per heavy atom. The molecule has 32 heavy (non-hydrogen) atoms. The lowest BCUT2D eigenvalue weighted by molar-refractivity contribution is 0.482. The van der Waals surface area contributed by atoms with Crippen molar-refractivity contribution in [3.05, 3.63) is 117 Å². The molecular formula is C24H19FN4O3. The van der Waals surface area contributed by atoms with Crippen molar-refractivity contribution in [3.8, 4) is 5.69 Å². The van der Waals surface area contributed by atoms with Crippen LogP contribution in [0.2, 0.25) is 0 Å². The maximum atomic E-state index is 13.5. The molecule has 0 saturated carbocycles. The number of hydrogen-bond acceptors (Lipinski definition) is 4. The highest BCUT2D eigenvalue weighted by Gasteiger charge is 2.22. The van der Waals surface area contributed by atoms with Gasteiger partial charge in [-0.2, -0.15) is 0 Å². The molecule has 0 N–H and O–H groups in total. The SMILES string of the molecule is CC(c1ccccc1)n1cnc2c1c(=O)n(Cc1ccco1)c(=O)n2-c1ccc(F)cc1. The van der Waals surface area contributed by atoms with Gasteiger partial charge in [-0.25, -0.2) is 18.7 Å². The Morgan fingerprint density at radius 2 is 1.75 bits per heavy atom. The highest BCUT2D eigenvalue weighted by atomic mass is 19.1. The number of halogens is 1. The van der Waals surface area contributed by atoms with Crippen LogP contribution < -0.4 is 11.2 Å². The quantitative estimate of drug-likeness (QED) is 0.426. The lowest BCUT2D eigenvalue weighted by Crippen LogP contribution is -2.40. The van der Waals surface area contributed by atoms with Gasteiger partial charge in [-0.15, -0.1) is 0 Å². The summed E-state index contributed by atoms with van der Waals surface area (Å²) in [5.41, 5.74) is 0.834. The molecular weight excluding hydrogens is 411 g/mol. The van der Waals surface area contributed by atoms with Gasteiger partial charge in [-0.3, -0.25) is 9.36 Å². The molecule has 8 heteroatoms. The van der Waals surface area contributed by atoms with Gasteiger partial charge < -0.3 is 8.98 Å². The molecule has 0 radical (unpaired) electrons. The largest absolute Gasteiger partial charge is 0.467 e. The summed E-state index contributed by atoms with van der Waals surface area (Å²) in [6, 6.07) is 18.4. The van der Waals surface area contributed by atoms with Gasteiger partial charge in [0.1, 0.15) is 11.6 Å². The Morgan fingerprint density at radius 3 is 2.44 bits per heavy atom. The van der Waals surface area contributed by atoms with E-state index in [0.717, 1.165) is 10.1 Å². The highest BCUT2D eigenvalue weighted by Crippen LogP contribution is 2.22. The lowest BCUT2D eigenvalue weighted by Gasteiger charge is -2.16. The van der Waals surface area contributed by atoms with Gasteiger partial charge in [0.15, 0.2) is 11.2 Å². The van der Waals surface area contributed by atoms with Crippen LogP contribution in [-0.2, 0) is 6.54 Å². The van der Waals surface area contributed by atoms with Crippen molar-refractivity contribution in [2.75, 3.05) is 0 Å². The van der Waals surface area contributed by atoms with E-state index >= 15 is 0 Å². The van der Waals surface area contributed by atoms with E-state index < -0.39 is 17.1 Å². The number of aromatic nitrogens is 4. The fourth-order valence-corrected chi connectivity index (χ4v) is 3.85. The first kappa shape index (κ1) is 19.7. The summed E-state index contributed by atoms with van der Waals surface area (Å²) in [5.74, 6) is 0.0431. The monoisotopic (exact) mass is 430 g/mol. The second-order valence-corrected chi connectivity index (χ2v) is 7.48. The molecule has 5 aromatic rings. The van der Waals surface area contributed by atoms with E-state index in [2.05, 4.69) is 4.98 Å². The Labute approximate surface area is 181 Å². The van der Waals surface area contributed by atoms with Crippen molar-refractivity contribution in [3.63, 3.8) is 0 Å². The predicted octanol–water partition coefficient (Wildman–Crippen LogP) is 3.74. The Kier molecular flexibility index (Phi) is 4.82. The van der Waals surface area contributed by atoms with Crippen LogP contribution >= 0.6 is 0 Å². The minimum Gasteiger partial charge on any atom is -0.467 e. The van der Waals surface area contributed by atoms with Crippen LogP contribution in [0.25, 0.3) is 16.9 Å². The van der Waals surface area contributed by atoms with Crippen molar-refractivity contribution in [2.24, 2.45) is 0 Å². The topological polar surface area (TPSA) is 75.0 Å². The first-order chi connectivity index (χ1) is 15.5. The van der Waals surface area contributed by atoms with Crippen LogP contribution in [0.3, 0.4) is 0 Å². The number of furan rings is 1. The molecule has 0 saturated heterocycles. The van der Waals surface area contributed by atoms with Crippen LogP contribution in [0.5, 0.6) is 0 Å². The smallest absolute Gasteiger partial charge is 0.337 e. The maximum Gasteiger partial charge on any atom is 0.337 e. The standard InChI is InChI=1S/C24H19FN4O3/c1-16(17-6-3-2-4-7-17)28-15-26-22-21(28)23(30)27(14-20-8-5-13-32-20)24(31)29(22)19-11-9-18(25)10-12-19/h2-13,15-16H,14H2,1H3. The maximum absolute atomic E-state index is 13.5. The zero-order valence-electron chi connectivity index (χ0n) is 17.2. The van der Waals surface area contributed by atoms with Crippen LogP contribution in [-0.4, -0.2) is 18.7 Å². The molecule has 7 nitrogen and oxygen atoms in total. The highest BCUT2D eigenvalue weighted by molar-refractivity contribution is 5.73. The van der Waals surface area contributed by atoms with Crippen molar-refractivity contribution in [1.82, 2.24) is 18.7 Å². The fourth-order valence-electron chi connectivity index (χ4n) is 3.85. The Balaban J connectivity index is 1.80. The third-order valence-corrected chi connectivity index (χ3v) is 5.53. The van der Waals surface area contributed by atoms with Gasteiger partial charge in [0, 0.05) is 0 Å². The summed E-state index contributed by atoms with van der Waals surface area (Å²) >= 11 is 0. The van der Waals surface area contributed by atoms with E-state index in [1.165, 1.54) is 35.1 Å². The molecule has 0 aliphatic carbocycles. The fraction of sp³-hybridized carbons (Fsp3) is 0.125. The van der Waals surface area contributed by atoms with E-state index in [4.69, 9.17) is 4.42 Å². The molecule has 1 atom stereocenters. The molecule has 0 spiro atoms. The Bertz CT molecular complexity index is 1500. The summed E-state index contributed by atoms with van der Waals surface area (Å²) in [6.45, 7) is 1.92. The van der Waals surface area contributed by atoms with Gasteiger partial charge in [0.05, 0.1) is 30.9 Å². The molecule has 3 heterocycles. The van der Waals surface area contributed by atoms with Crippen molar-refractivity contribution in [1.29, 1.82) is 0 Å². The number of hydrogen-bond donors (Lipinski definition) is 0. The average Bonchev–Trinajstić information content (AvgIpc) is 3.48.